The minimum atomic E-state index is -0.726. The van der Waals surface area contributed by atoms with Crippen molar-refractivity contribution in [3.05, 3.63) is 36.0 Å². The molecule has 0 radical (unpaired) electrons. The number of nitrogens with two attached hydrogens (primary N) is 1. The highest BCUT2D eigenvalue weighted by atomic mass is 35.5. The Morgan fingerprint density at radius 1 is 1.38 bits per heavy atom. The Bertz CT molecular complexity index is 482. The minimum Gasteiger partial charge on any atom is -0.449 e. The lowest BCUT2D eigenvalue weighted by molar-refractivity contribution is 0.158. The van der Waals surface area contributed by atoms with E-state index in [1.54, 1.807) is 0 Å². The van der Waals surface area contributed by atoms with Gasteiger partial charge in [0, 0.05) is 18.1 Å². The van der Waals surface area contributed by atoms with E-state index in [4.69, 9.17) is 5.73 Å². The van der Waals surface area contributed by atoms with E-state index in [0.29, 0.717) is 13.0 Å². The Balaban J connectivity index is 0.00000128. The Morgan fingerprint density at radius 2 is 2.19 bits per heavy atom. The third-order valence-electron chi connectivity index (χ3n) is 2.25. The second kappa shape index (κ2) is 5.42. The van der Waals surface area contributed by atoms with Gasteiger partial charge in [0.05, 0.1) is 6.61 Å². The Kier molecular flexibility index (Phi) is 4.19. The number of primary amides is 1. The van der Waals surface area contributed by atoms with Gasteiger partial charge in [0.25, 0.3) is 0 Å². The Labute approximate surface area is 99.2 Å². The molecule has 0 atom stereocenters. The average Bonchev–Trinajstić information content (AvgIpc) is 2.64. The van der Waals surface area contributed by atoms with Gasteiger partial charge < -0.3 is 15.5 Å². The number of nitrogens with one attached hydrogen (secondary N) is 1. The fourth-order valence-electron chi connectivity index (χ4n) is 1.52. The lowest BCUT2D eigenvalue weighted by atomic mass is 10.1. The number of amides is 1. The van der Waals surface area contributed by atoms with Crippen molar-refractivity contribution in [2.24, 2.45) is 5.73 Å². The summed E-state index contributed by atoms with van der Waals surface area (Å²) < 4.78 is 4.67. The molecule has 0 saturated heterocycles. The number of halogens is 1. The van der Waals surface area contributed by atoms with Crippen LogP contribution in [-0.2, 0) is 11.2 Å². The summed E-state index contributed by atoms with van der Waals surface area (Å²) in [5.41, 5.74) is 7.07. The number of aromatic amines is 1. The van der Waals surface area contributed by atoms with Gasteiger partial charge in [-0.1, -0.05) is 12.1 Å². The highest BCUT2D eigenvalue weighted by molar-refractivity contribution is 5.85. The Morgan fingerprint density at radius 3 is 2.94 bits per heavy atom. The highest BCUT2D eigenvalue weighted by Crippen LogP contribution is 2.14. The SMILES string of the molecule is Cl.NC(=O)OCCc1ccc2cc[nH]c2c1. The standard InChI is InChI=1S/C11H12N2O2.ClH/c12-11(14)15-6-4-8-1-2-9-3-5-13-10(9)7-8;/h1-3,5,7,13H,4,6H2,(H2,12,14);1H. The van der Waals surface area contributed by atoms with Crippen LogP contribution in [-0.4, -0.2) is 17.7 Å². The zero-order valence-electron chi connectivity index (χ0n) is 8.60. The molecule has 3 N–H and O–H groups in total. The Hall–Kier alpha value is -1.68. The van der Waals surface area contributed by atoms with E-state index in [-0.39, 0.29) is 12.4 Å². The summed E-state index contributed by atoms with van der Waals surface area (Å²) in [5.74, 6) is 0. The number of carbonyl (C=O) groups excluding carboxylic acids is 1. The molecular formula is C11H13ClN2O2. The van der Waals surface area contributed by atoms with Crippen molar-refractivity contribution in [3.63, 3.8) is 0 Å². The quantitative estimate of drug-likeness (QED) is 0.864. The van der Waals surface area contributed by atoms with Crippen LogP contribution in [0.25, 0.3) is 10.9 Å². The molecule has 1 heterocycles. The maximum atomic E-state index is 10.4. The summed E-state index contributed by atoms with van der Waals surface area (Å²) in [6.07, 6.45) is 1.85. The molecule has 2 aromatic rings. The van der Waals surface area contributed by atoms with Crippen LogP contribution in [0.15, 0.2) is 30.5 Å². The molecule has 0 aliphatic heterocycles. The van der Waals surface area contributed by atoms with Crippen molar-refractivity contribution in [2.75, 3.05) is 6.61 Å². The predicted octanol–water partition coefficient (Wildman–Crippen LogP) is 2.23. The molecular weight excluding hydrogens is 228 g/mol. The molecule has 1 aromatic heterocycles. The molecule has 5 heteroatoms. The number of H-pyrrole nitrogens is 1. The number of carbonyl (C=O) groups is 1. The van der Waals surface area contributed by atoms with Gasteiger partial charge in [-0.2, -0.15) is 0 Å². The molecule has 86 valence electrons. The van der Waals surface area contributed by atoms with Crippen LogP contribution in [0.3, 0.4) is 0 Å². The van der Waals surface area contributed by atoms with Crippen molar-refractivity contribution in [2.45, 2.75) is 6.42 Å². The molecule has 4 nitrogen and oxygen atoms in total. The second-order valence-electron chi connectivity index (χ2n) is 3.32. The molecule has 0 bridgehead atoms. The van der Waals surface area contributed by atoms with Crippen LogP contribution in [0, 0.1) is 0 Å². The maximum Gasteiger partial charge on any atom is 0.404 e. The number of hydrogen-bond acceptors (Lipinski definition) is 2. The topological polar surface area (TPSA) is 68.1 Å². The number of rotatable bonds is 3. The fraction of sp³-hybridized carbons (Fsp3) is 0.182. The van der Waals surface area contributed by atoms with Gasteiger partial charge in [-0.15, -0.1) is 12.4 Å². The van der Waals surface area contributed by atoms with E-state index in [2.05, 4.69) is 9.72 Å². The smallest absolute Gasteiger partial charge is 0.404 e. The molecule has 0 unspecified atom stereocenters. The maximum absolute atomic E-state index is 10.4. The third kappa shape index (κ3) is 2.90. The number of hydrogen-bond donors (Lipinski definition) is 2. The van der Waals surface area contributed by atoms with E-state index in [9.17, 15) is 4.79 Å². The summed E-state index contributed by atoms with van der Waals surface area (Å²) in [6, 6.07) is 8.10. The monoisotopic (exact) mass is 240 g/mol. The molecule has 16 heavy (non-hydrogen) atoms. The number of ether oxygens (including phenoxy) is 1. The van der Waals surface area contributed by atoms with Crippen LogP contribution < -0.4 is 5.73 Å². The lowest BCUT2D eigenvalue weighted by Gasteiger charge is -2.02. The summed E-state index contributed by atoms with van der Waals surface area (Å²) in [5, 5.41) is 1.18. The first-order valence-corrected chi connectivity index (χ1v) is 4.74. The van der Waals surface area contributed by atoms with Crippen LogP contribution in [0.2, 0.25) is 0 Å². The van der Waals surface area contributed by atoms with Gasteiger partial charge in [0.1, 0.15) is 0 Å². The van der Waals surface area contributed by atoms with E-state index in [0.717, 1.165) is 11.1 Å². The average molecular weight is 241 g/mol. The van der Waals surface area contributed by atoms with Gasteiger partial charge in [-0.25, -0.2) is 4.79 Å². The first-order valence-electron chi connectivity index (χ1n) is 4.74. The number of benzene rings is 1. The summed E-state index contributed by atoms with van der Waals surface area (Å²) in [7, 11) is 0. The van der Waals surface area contributed by atoms with E-state index >= 15 is 0 Å². The zero-order chi connectivity index (χ0) is 10.7. The fourth-order valence-corrected chi connectivity index (χ4v) is 1.52. The summed E-state index contributed by atoms with van der Waals surface area (Å²) in [6.45, 7) is 0.321. The molecule has 0 fully saturated rings. The van der Waals surface area contributed by atoms with Gasteiger partial charge in [0.15, 0.2) is 0 Å². The molecule has 1 amide bonds. The summed E-state index contributed by atoms with van der Waals surface area (Å²) in [4.78, 5) is 13.5. The molecule has 0 aliphatic rings. The van der Waals surface area contributed by atoms with E-state index in [1.807, 2.05) is 30.5 Å². The molecule has 2 rings (SSSR count). The van der Waals surface area contributed by atoms with Crippen molar-refractivity contribution < 1.29 is 9.53 Å². The third-order valence-corrected chi connectivity index (χ3v) is 2.25. The van der Waals surface area contributed by atoms with E-state index in [1.165, 1.54) is 5.39 Å². The predicted molar refractivity (Wildman–Crippen MR) is 64.8 cm³/mol. The normalized spacial score (nSPS) is 9.75. The van der Waals surface area contributed by atoms with Crippen molar-refractivity contribution in [3.8, 4) is 0 Å². The van der Waals surface area contributed by atoms with Gasteiger partial charge >= 0.3 is 6.09 Å². The van der Waals surface area contributed by atoms with Crippen LogP contribution in [0.5, 0.6) is 0 Å². The van der Waals surface area contributed by atoms with E-state index < -0.39 is 6.09 Å². The van der Waals surface area contributed by atoms with Crippen molar-refractivity contribution >= 4 is 29.4 Å². The molecule has 0 aliphatic carbocycles. The molecule has 0 spiro atoms. The zero-order valence-corrected chi connectivity index (χ0v) is 9.42. The number of aromatic nitrogens is 1. The second-order valence-corrected chi connectivity index (χ2v) is 3.32. The van der Waals surface area contributed by atoms with Crippen molar-refractivity contribution in [1.29, 1.82) is 0 Å². The van der Waals surface area contributed by atoms with Gasteiger partial charge in [0.2, 0.25) is 0 Å². The van der Waals surface area contributed by atoms with Crippen molar-refractivity contribution in [1.82, 2.24) is 4.98 Å². The van der Waals surface area contributed by atoms with Crippen LogP contribution in [0.4, 0.5) is 4.79 Å². The van der Waals surface area contributed by atoms with Crippen LogP contribution >= 0.6 is 12.4 Å². The molecule has 1 aromatic carbocycles. The summed E-state index contributed by atoms with van der Waals surface area (Å²) >= 11 is 0. The minimum absolute atomic E-state index is 0. The van der Waals surface area contributed by atoms with Gasteiger partial charge in [-0.05, 0) is 23.1 Å². The largest absolute Gasteiger partial charge is 0.449 e. The van der Waals surface area contributed by atoms with Crippen LogP contribution in [0.1, 0.15) is 5.56 Å². The molecule has 0 saturated carbocycles. The first-order chi connectivity index (χ1) is 7.25. The number of fused-ring (bicyclic) bond motifs is 1. The van der Waals surface area contributed by atoms with Gasteiger partial charge in [-0.3, -0.25) is 0 Å². The highest BCUT2D eigenvalue weighted by Gasteiger charge is 1.99. The lowest BCUT2D eigenvalue weighted by Crippen LogP contribution is -2.14. The first kappa shape index (κ1) is 12.4.